The molecule has 3 aliphatic rings. The predicted molar refractivity (Wildman–Crippen MR) is 121 cm³/mol. The molecule has 3 heterocycles. The summed E-state index contributed by atoms with van der Waals surface area (Å²) in [7, 11) is 0. The number of benzene rings is 2. The molecule has 2 saturated heterocycles. The van der Waals surface area contributed by atoms with Crippen LogP contribution in [0, 0.1) is 6.92 Å². The van der Waals surface area contributed by atoms with E-state index in [9.17, 15) is 0 Å². The van der Waals surface area contributed by atoms with Crippen LogP contribution >= 0.6 is 0 Å². The Morgan fingerprint density at radius 3 is 2.31 bits per heavy atom. The first-order chi connectivity index (χ1) is 14.3. The van der Waals surface area contributed by atoms with Gasteiger partial charge in [-0.1, -0.05) is 36.4 Å². The van der Waals surface area contributed by atoms with Crippen molar-refractivity contribution in [2.45, 2.75) is 51.2 Å². The lowest BCUT2D eigenvalue weighted by Gasteiger charge is -2.43. The number of hydrogen-bond donors (Lipinski definition) is 1. The largest absolute Gasteiger partial charge is 0.366 e. The highest BCUT2D eigenvalue weighted by Gasteiger charge is 2.32. The second kappa shape index (κ2) is 8.37. The maximum atomic E-state index is 3.56. The Kier molecular flexibility index (Phi) is 5.47. The van der Waals surface area contributed by atoms with Gasteiger partial charge in [-0.15, -0.1) is 0 Å². The minimum Gasteiger partial charge on any atom is -0.366 e. The van der Waals surface area contributed by atoms with Gasteiger partial charge >= 0.3 is 0 Å². The van der Waals surface area contributed by atoms with Gasteiger partial charge in [-0.05, 0) is 69.0 Å². The Hall–Kier alpha value is -2.04. The highest BCUT2D eigenvalue weighted by molar-refractivity contribution is 5.74. The molecule has 4 heteroatoms. The van der Waals surface area contributed by atoms with Crippen LogP contribution in [0.5, 0.6) is 0 Å². The Morgan fingerprint density at radius 1 is 0.828 bits per heavy atom. The van der Waals surface area contributed by atoms with E-state index in [1.807, 2.05) is 0 Å². The summed E-state index contributed by atoms with van der Waals surface area (Å²) in [6.07, 6.45) is 5.23. The number of aryl methyl sites for hydroxylation is 1. The van der Waals surface area contributed by atoms with Crippen molar-refractivity contribution >= 4 is 11.4 Å². The van der Waals surface area contributed by atoms with Gasteiger partial charge in [0, 0.05) is 31.7 Å². The molecule has 0 radical (unpaired) electrons. The second-order valence-corrected chi connectivity index (χ2v) is 9.02. The zero-order valence-electron chi connectivity index (χ0n) is 17.7. The fourth-order valence-electron chi connectivity index (χ4n) is 5.49. The smallest absolute Gasteiger partial charge is 0.0880 e. The second-order valence-electron chi connectivity index (χ2n) is 9.02. The molecule has 1 N–H and O–H groups in total. The molecule has 0 saturated carbocycles. The van der Waals surface area contributed by atoms with Crippen molar-refractivity contribution in [1.82, 2.24) is 9.80 Å². The molecule has 2 aromatic rings. The standard InChI is InChI=1S/C25H34N4/c1-20-6-2-3-7-21(20)18-27-14-10-22(11-15-27)28-16-12-23(13-17-28)29-19-26-24-8-4-5-9-25(24)29/h2-9,22-23,26H,10-19H2,1H3. The van der Waals surface area contributed by atoms with E-state index in [-0.39, 0.29) is 0 Å². The third kappa shape index (κ3) is 4.01. The highest BCUT2D eigenvalue weighted by atomic mass is 15.3. The fourth-order valence-corrected chi connectivity index (χ4v) is 5.49. The molecule has 0 atom stereocenters. The topological polar surface area (TPSA) is 21.8 Å². The van der Waals surface area contributed by atoms with Crippen molar-refractivity contribution in [1.29, 1.82) is 0 Å². The van der Waals surface area contributed by atoms with Gasteiger partial charge in [-0.3, -0.25) is 4.90 Å². The molecule has 154 valence electrons. The van der Waals surface area contributed by atoms with Gasteiger partial charge in [-0.25, -0.2) is 0 Å². The number of fused-ring (bicyclic) bond motifs is 1. The molecule has 29 heavy (non-hydrogen) atoms. The SMILES string of the molecule is Cc1ccccc1CN1CCC(N2CCC(N3CNc4ccccc43)CC2)CC1. The molecule has 0 spiro atoms. The molecule has 0 aromatic heterocycles. The molecule has 4 nitrogen and oxygen atoms in total. The summed E-state index contributed by atoms with van der Waals surface area (Å²) in [5.41, 5.74) is 5.62. The number of para-hydroxylation sites is 2. The van der Waals surface area contributed by atoms with Gasteiger partial charge in [0.25, 0.3) is 0 Å². The van der Waals surface area contributed by atoms with Crippen LogP contribution in [0.4, 0.5) is 11.4 Å². The van der Waals surface area contributed by atoms with E-state index in [2.05, 4.69) is 75.5 Å². The zero-order chi connectivity index (χ0) is 19.6. The van der Waals surface area contributed by atoms with Crippen molar-refractivity contribution in [3.05, 3.63) is 59.7 Å². The lowest BCUT2D eigenvalue weighted by Crippen LogP contribution is -2.51. The summed E-state index contributed by atoms with van der Waals surface area (Å²) >= 11 is 0. The van der Waals surface area contributed by atoms with Crippen LogP contribution in [0.15, 0.2) is 48.5 Å². The predicted octanol–water partition coefficient (Wildman–Crippen LogP) is 4.31. The summed E-state index contributed by atoms with van der Waals surface area (Å²) in [4.78, 5) is 8.03. The third-order valence-electron chi connectivity index (χ3n) is 7.32. The number of nitrogens with zero attached hydrogens (tertiary/aromatic N) is 3. The van der Waals surface area contributed by atoms with Crippen LogP contribution in [0.2, 0.25) is 0 Å². The minimum absolute atomic E-state index is 0.684. The van der Waals surface area contributed by atoms with E-state index in [0.29, 0.717) is 6.04 Å². The van der Waals surface area contributed by atoms with Crippen LogP contribution in [-0.4, -0.2) is 54.7 Å². The van der Waals surface area contributed by atoms with E-state index < -0.39 is 0 Å². The van der Waals surface area contributed by atoms with Crippen LogP contribution in [-0.2, 0) is 6.54 Å². The highest BCUT2D eigenvalue weighted by Crippen LogP contribution is 2.35. The number of anilines is 2. The van der Waals surface area contributed by atoms with Gasteiger partial charge < -0.3 is 15.1 Å². The average molecular weight is 391 g/mol. The van der Waals surface area contributed by atoms with E-state index >= 15 is 0 Å². The molecule has 0 aliphatic carbocycles. The van der Waals surface area contributed by atoms with E-state index in [1.54, 1.807) is 0 Å². The van der Waals surface area contributed by atoms with E-state index in [1.165, 1.54) is 74.4 Å². The molecule has 0 amide bonds. The fraction of sp³-hybridized carbons (Fsp3) is 0.520. The average Bonchev–Trinajstić information content (AvgIpc) is 3.20. The van der Waals surface area contributed by atoms with Gasteiger partial charge in [0.2, 0.25) is 0 Å². The van der Waals surface area contributed by atoms with Gasteiger partial charge in [0.15, 0.2) is 0 Å². The van der Waals surface area contributed by atoms with Crippen LogP contribution in [0.1, 0.15) is 36.8 Å². The molecule has 5 rings (SSSR count). The minimum atomic E-state index is 0.684. The number of rotatable bonds is 4. The van der Waals surface area contributed by atoms with Crippen molar-refractivity contribution in [3.8, 4) is 0 Å². The van der Waals surface area contributed by atoms with Crippen molar-refractivity contribution in [3.63, 3.8) is 0 Å². The number of piperidine rings is 2. The van der Waals surface area contributed by atoms with Crippen LogP contribution in [0.25, 0.3) is 0 Å². The van der Waals surface area contributed by atoms with Gasteiger partial charge in [-0.2, -0.15) is 0 Å². The summed E-state index contributed by atoms with van der Waals surface area (Å²) in [6.45, 7) is 9.31. The monoisotopic (exact) mass is 390 g/mol. The number of hydrogen-bond acceptors (Lipinski definition) is 4. The lowest BCUT2D eigenvalue weighted by molar-refractivity contribution is 0.0843. The summed E-state index contributed by atoms with van der Waals surface area (Å²) in [6, 6.07) is 19.1. The Labute approximate surface area is 175 Å². The molecular formula is C25H34N4. The first kappa shape index (κ1) is 19.0. The summed E-state index contributed by atoms with van der Waals surface area (Å²) in [5, 5.41) is 3.56. The van der Waals surface area contributed by atoms with E-state index in [0.717, 1.165) is 19.3 Å². The number of likely N-dealkylation sites (tertiary alicyclic amines) is 2. The first-order valence-electron chi connectivity index (χ1n) is 11.4. The van der Waals surface area contributed by atoms with Crippen molar-refractivity contribution in [2.75, 3.05) is 43.1 Å². The van der Waals surface area contributed by atoms with Crippen molar-refractivity contribution in [2.24, 2.45) is 0 Å². The maximum Gasteiger partial charge on any atom is 0.0880 e. The first-order valence-corrected chi connectivity index (χ1v) is 11.4. The van der Waals surface area contributed by atoms with Gasteiger partial charge in [0.05, 0.1) is 18.0 Å². The molecule has 2 aromatic carbocycles. The van der Waals surface area contributed by atoms with Crippen molar-refractivity contribution < 1.29 is 0 Å². The van der Waals surface area contributed by atoms with Gasteiger partial charge in [0.1, 0.15) is 0 Å². The molecular weight excluding hydrogens is 356 g/mol. The number of nitrogens with one attached hydrogen (secondary N) is 1. The Bertz CT molecular complexity index is 819. The molecule has 0 bridgehead atoms. The molecule has 3 aliphatic heterocycles. The van der Waals surface area contributed by atoms with Crippen LogP contribution in [0.3, 0.4) is 0 Å². The normalized spacial score (nSPS) is 21.9. The van der Waals surface area contributed by atoms with Crippen LogP contribution < -0.4 is 10.2 Å². The molecule has 0 unspecified atom stereocenters. The Balaban J connectivity index is 1.11. The van der Waals surface area contributed by atoms with E-state index in [4.69, 9.17) is 0 Å². The lowest BCUT2D eigenvalue weighted by atomic mass is 9.96. The molecule has 2 fully saturated rings. The Morgan fingerprint density at radius 2 is 1.52 bits per heavy atom. The summed E-state index contributed by atoms with van der Waals surface area (Å²) < 4.78 is 0. The third-order valence-corrected chi connectivity index (χ3v) is 7.32. The quantitative estimate of drug-likeness (QED) is 0.839. The summed E-state index contributed by atoms with van der Waals surface area (Å²) in [5.74, 6) is 0. The maximum absolute atomic E-state index is 3.56. The zero-order valence-corrected chi connectivity index (χ0v) is 17.7.